The van der Waals surface area contributed by atoms with Crippen molar-refractivity contribution in [1.29, 1.82) is 0 Å². The molecule has 0 spiro atoms. The molecule has 1 N–H and O–H groups in total. The highest BCUT2D eigenvalue weighted by Gasteiger charge is 2.21. The van der Waals surface area contributed by atoms with Gasteiger partial charge in [0.15, 0.2) is 0 Å². The summed E-state index contributed by atoms with van der Waals surface area (Å²) in [6, 6.07) is 4.01. The first-order valence-electron chi connectivity index (χ1n) is 9.00. The summed E-state index contributed by atoms with van der Waals surface area (Å²) in [5.41, 5.74) is 1.15. The molecule has 0 unspecified atom stereocenters. The predicted octanol–water partition coefficient (Wildman–Crippen LogP) is 2.74. The number of piperazine rings is 1. The molecule has 0 radical (unpaired) electrons. The molecule has 1 saturated carbocycles. The lowest BCUT2D eigenvalue weighted by Crippen LogP contribution is -2.46. The second-order valence-corrected chi connectivity index (χ2v) is 6.65. The van der Waals surface area contributed by atoms with E-state index in [4.69, 9.17) is 0 Å². The van der Waals surface area contributed by atoms with E-state index in [0.717, 1.165) is 51.3 Å². The molecule has 1 saturated heterocycles. The molecular weight excluding hydrogens is 288 g/mol. The first-order chi connectivity index (χ1) is 11.3. The third kappa shape index (κ3) is 4.22. The second-order valence-electron chi connectivity index (χ2n) is 6.65. The Morgan fingerprint density at radius 1 is 1.17 bits per heavy atom. The number of amides is 1. The molecule has 5 nitrogen and oxygen atoms in total. The molecule has 0 atom stereocenters. The van der Waals surface area contributed by atoms with Gasteiger partial charge in [0.05, 0.1) is 11.9 Å². The van der Waals surface area contributed by atoms with Crippen LogP contribution >= 0.6 is 0 Å². The predicted molar refractivity (Wildman–Crippen MR) is 93.8 cm³/mol. The van der Waals surface area contributed by atoms with Crippen LogP contribution in [-0.2, 0) is 4.79 Å². The van der Waals surface area contributed by atoms with Crippen LogP contribution in [0.15, 0.2) is 18.3 Å². The lowest BCUT2D eigenvalue weighted by molar-refractivity contribution is -0.120. The van der Waals surface area contributed by atoms with Gasteiger partial charge in [-0.15, -0.1) is 0 Å². The quantitative estimate of drug-likeness (QED) is 0.928. The molecule has 1 aromatic rings. The Labute approximate surface area is 139 Å². The molecule has 0 aromatic carbocycles. The minimum absolute atomic E-state index is 0.140. The van der Waals surface area contributed by atoms with Crippen molar-refractivity contribution in [2.24, 2.45) is 5.92 Å². The summed E-state index contributed by atoms with van der Waals surface area (Å²) >= 11 is 0. The Kier molecular flexibility index (Phi) is 5.49. The van der Waals surface area contributed by atoms with Crippen molar-refractivity contribution in [2.45, 2.75) is 39.0 Å². The van der Waals surface area contributed by atoms with Gasteiger partial charge in [-0.2, -0.15) is 0 Å². The summed E-state index contributed by atoms with van der Waals surface area (Å²) < 4.78 is 0. The maximum atomic E-state index is 12.3. The van der Waals surface area contributed by atoms with Gasteiger partial charge >= 0.3 is 0 Å². The number of anilines is 2. The molecule has 1 amide bonds. The number of carbonyl (C=O) groups excluding carboxylic acids is 1. The maximum Gasteiger partial charge on any atom is 0.228 e. The standard InChI is InChI=1S/C18H28N4O/c1-2-21-10-12-22(13-11-21)16-8-9-17(19-14-16)20-18(23)15-6-4-3-5-7-15/h8-9,14-15H,2-7,10-13H2,1H3,(H,19,20,23). The highest BCUT2D eigenvalue weighted by Crippen LogP contribution is 2.25. The number of nitrogens with zero attached hydrogens (tertiary/aromatic N) is 3. The minimum Gasteiger partial charge on any atom is -0.368 e. The van der Waals surface area contributed by atoms with Crippen LogP contribution < -0.4 is 10.2 Å². The van der Waals surface area contributed by atoms with Crippen LogP contribution in [0.2, 0.25) is 0 Å². The SMILES string of the molecule is CCN1CCN(c2ccc(NC(=O)C3CCCCC3)nc2)CC1. The third-order valence-corrected chi connectivity index (χ3v) is 5.16. The van der Waals surface area contributed by atoms with E-state index in [0.29, 0.717) is 5.82 Å². The Morgan fingerprint density at radius 3 is 2.52 bits per heavy atom. The number of rotatable bonds is 4. The summed E-state index contributed by atoms with van der Waals surface area (Å²) in [5, 5.41) is 2.98. The lowest BCUT2D eigenvalue weighted by Gasteiger charge is -2.35. The van der Waals surface area contributed by atoms with Crippen molar-refractivity contribution in [2.75, 3.05) is 42.9 Å². The van der Waals surface area contributed by atoms with Crippen LogP contribution in [0.5, 0.6) is 0 Å². The van der Waals surface area contributed by atoms with Crippen LogP contribution in [0.1, 0.15) is 39.0 Å². The molecule has 5 heteroatoms. The Morgan fingerprint density at radius 2 is 1.91 bits per heavy atom. The Hall–Kier alpha value is -1.62. The highest BCUT2D eigenvalue weighted by atomic mass is 16.1. The number of aromatic nitrogens is 1. The van der Waals surface area contributed by atoms with Crippen LogP contribution in [0.25, 0.3) is 0 Å². The van der Waals surface area contributed by atoms with Gasteiger partial charge in [0.2, 0.25) is 5.91 Å². The molecule has 23 heavy (non-hydrogen) atoms. The molecule has 3 rings (SSSR count). The summed E-state index contributed by atoms with van der Waals surface area (Å²) in [4.78, 5) is 21.5. The number of likely N-dealkylation sites (N-methyl/N-ethyl adjacent to an activating group) is 1. The lowest BCUT2D eigenvalue weighted by atomic mass is 9.89. The van der Waals surface area contributed by atoms with E-state index in [1.54, 1.807) is 0 Å². The van der Waals surface area contributed by atoms with Crippen molar-refractivity contribution >= 4 is 17.4 Å². The number of pyridine rings is 1. The van der Waals surface area contributed by atoms with Crippen LogP contribution in [0.3, 0.4) is 0 Å². The molecule has 1 aromatic heterocycles. The third-order valence-electron chi connectivity index (χ3n) is 5.16. The number of hydrogen-bond donors (Lipinski definition) is 1. The van der Waals surface area contributed by atoms with E-state index in [1.165, 1.54) is 19.3 Å². The van der Waals surface area contributed by atoms with E-state index in [1.807, 2.05) is 12.3 Å². The molecular formula is C18H28N4O. The van der Waals surface area contributed by atoms with Gasteiger partial charge in [0.1, 0.15) is 5.82 Å². The van der Waals surface area contributed by atoms with Crippen LogP contribution in [0, 0.1) is 5.92 Å². The monoisotopic (exact) mass is 316 g/mol. The fourth-order valence-corrected chi connectivity index (χ4v) is 3.56. The van der Waals surface area contributed by atoms with Gasteiger partial charge < -0.3 is 15.1 Å². The zero-order valence-electron chi connectivity index (χ0n) is 14.1. The van der Waals surface area contributed by atoms with Gasteiger partial charge in [-0.3, -0.25) is 4.79 Å². The van der Waals surface area contributed by atoms with Crippen molar-refractivity contribution in [3.8, 4) is 0 Å². The van der Waals surface area contributed by atoms with Gasteiger partial charge in [-0.05, 0) is 31.5 Å². The molecule has 1 aliphatic heterocycles. The van der Waals surface area contributed by atoms with Gasteiger partial charge in [-0.1, -0.05) is 26.2 Å². The maximum absolute atomic E-state index is 12.3. The molecule has 0 bridgehead atoms. The smallest absolute Gasteiger partial charge is 0.228 e. The van der Waals surface area contributed by atoms with Crippen LogP contribution in [-0.4, -0.2) is 48.5 Å². The largest absolute Gasteiger partial charge is 0.368 e. The fourth-order valence-electron chi connectivity index (χ4n) is 3.56. The first-order valence-corrected chi connectivity index (χ1v) is 9.00. The van der Waals surface area contributed by atoms with Crippen molar-refractivity contribution in [1.82, 2.24) is 9.88 Å². The van der Waals surface area contributed by atoms with Gasteiger partial charge in [0, 0.05) is 32.1 Å². The normalized spacial score (nSPS) is 20.5. The fraction of sp³-hybridized carbons (Fsp3) is 0.667. The summed E-state index contributed by atoms with van der Waals surface area (Å²) in [5.74, 6) is 0.991. The van der Waals surface area contributed by atoms with Gasteiger partial charge in [0.25, 0.3) is 0 Å². The van der Waals surface area contributed by atoms with Crippen molar-refractivity contribution in [3.63, 3.8) is 0 Å². The number of carbonyl (C=O) groups is 1. The van der Waals surface area contributed by atoms with E-state index >= 15 is 0 Å². The number of nitrogens with one attached hydrogen (secondary N) is 1. The zero-order chi connectivity index (χ0) is 16.1. The number of hydrogen-bond acceptors (Lipinski definition) is 4. The van der Waals surface area contributed by atoms with E-state index in [2.05, 4.69) is 33.1 Å². The molecule has 1 aliphatic carbocycles. The molecule has 2 fully saturated rings. The molecule has 2 aliphatic rings. The van der Waals surface area contributed by atoms with E-state index in [9.17, 15) is 4.79 Å². The topological polar surface area (TPSA) is 48.5 Å². The first kappa shape index (κ1) is 16.2. The van der Waals surface area contributed by atoms with Crippen molar-refractivity contribution < 1.29 is 4.79 Å². The minimum atomic E-state index is 0.140. The summed E-state index contributed by atoms with van der Waals surface area (Å²) in [6.07, 6.45) is 7.54. The summed E-state index contributed by atoms with van der Waals surface area (Å²) in [6.45, 7) is 7.64. The summed E-state index contributed by atoms with van der Waals surface area (Å²) in [7, 11) is 0. The highest BCUT2D eigenvalue weighted by molar-refractivity contribution is 5.91. The molecule has 2 heterocycles. The van der Waals surface area contributed by atoms with E-state index < -0.39 is 0 Å². The Balaban J connectivity index is 1.53. The average molecular weight is 316 g/mol. The second kappa shape index (κ2) is 7.77. The van der Waals surface area contributed by atoms with Crippen LogP contribution in [0.4, 0.5) is 11.5 Å². The molecule has 126 valence electrons. The van der Waals surface area contributed by atoms with Crippen molar-refractivity contribution in [3.05, 3.63) is 18.3 Å². The van der Waals surface area contributed by atoms with E-state index in [-0.39, 0.29) is 11.8 Å². The van der Waals surface area contributed by atoms with Gasteiger partial charge in [-0.25, -0.2) is 4.98 Å². The Bertz CT molecular complexity index is 502. The average Bonchev–Trinajstić information content (AvgIpc) is 2.63. The zero-order valence-corrected chi connectivity index (χ0v) is 14.1.